The molecule has 0 aliphatic carbocycles. The molecule has 2 aromatic rings. The summed E-state index contributed by atoms with van der Waals surface area (Å²) in [5, 5.41) is 9.38. The van der Waals surface area contributed by atoms with E-state index in [-0.39, 0.29) is 0 Å². The molecule has 0 spiro atoms. The number of hydrogen-bond acceptors (Lipinski definition) is 2. The number of carbonyl (C=O) groups is 1. The quantitative estimate of drug-likeness (QED) is 0.895. The zero-order valence-corrected chi connectivity index (χ0v) is 10.2. The summed E-state index contributed by atoms with van der Waals surface area (Å²) in [6, 6.07) is 11.3. The SMILES string of the molecule is CCc1ccc(C(C(=O)O)c2cccnc2)cc1. The number of nitrogens with zero attached hydrogens (tertiary/aromatic N) is 1. The Bertz CT molecular complexity index is 520. The van der Waals surface area contributed by atoms with E-state index in [1.807, 2.05) is 24.3 Å². The van der Waals surface area contributed by atoms with Crippen LogP contribution in [0.1, 0.15) is 29.5 Å². The summed E-state index contributed by atoms with van der Waals surface area (Å²) < 4.78 is 0. The van der Waals surface area contributed by atoms with Crippen LogP contribution in [-0.4, -0.2) is 16.1 Å². The van der Waals surface area contributed by atoms with E-state index >= 15 is 0 Å². The molecule has 1 N–H and O–H groups in total. The molecule has 18 heavy (non-hydrogen) atoms. The van der Waals surface area contributed by atoms with Crippen LogP contribution in [0, 0.1) is 0 Å². The van der Waals surface area contributed by atoms with Crippen molar-refractivity contribution in [3.63, 3.8) is 0 Å². The first kappa shape index (κ1) is 12.3. The Labute approximate surface area is 106 Å². The molecule has 1 unspecified atom stereocenters. The fraction of sp³-hybridized carbons (Fsp3) is 0.200. The molecular formula is C15H15NO2. The average Bonchev–Trinajstić information content (AvgIpc) is 2.40. The van der Waals surface area contributed by atoms with E-state index in [1.165, 1.54) is 5.56 Å². The Morgan fingerprint density at radius 2 is 1.94 bits per heavy atom. The number of aliphatic carboxylic acids is 1. The van der Waals surface area contributed by atoms with E-state index in [9.17, 15) is 9.90 Å². The lowest BCUT2D eigenvalue weighted by atomic mass is 9.92. The molecule has 0 radical (unpaired) electrons. The lowest BCUT2D eigenvalue weighted by Crippen LogP contribution is -2.13. The first-order valence-electron chi connectivity index (χ1n) is 5.94. The van der Waals surface area contributed by atoms with Crippen molar-refractivity contribution in [2.75, 3.05) is 0 Å². The number of aryl methyl sites for hydroxylation is 1. The van der Waals surface area contributed by atoms with Crippen molar-refractivity contribution in [1.82, 2.24) is 4.98 Å². The molecule has 0 fully saturated rings. The van der Waals surface area contributed by atoms with Gasteiger partial charge in [-0.2, -0.15) is 0 Å². The molecule has 0 saturated heterocycles. The molecule has 1 aromatic carbocycles. The maximum atomic E-state index is 11.4. The number of pyridine rings is 1. The Hall–Kier alpha value is -2.16. The number of carboxylic acid groups (broad SMARTS) is 1. The molecule has 0 saturated carbocycles. The van der Waals surface area contributed by atoms with Crippen LogP contribution < -0.4 is 0 Å². The van der Waals surface area contributed by atoms with Gasteiger partial charge < -0.3 is 5.11 Å². The molecule has 1 heterocycles. The second kappa shape index (κ2) is 5.45. The molecule has 1 aromatic heterocycles. The monoisotopic (exact) mass is 241 g/mol. The zero-order chi connectivity index (χ0) is 13.0. The van der Waals surface area contributed by atoms with E-state index in [2.05, 4.69) is 11.9 Å². The summed E-state index contributed by atoms with van der Waals surface area (Å²) in [7, 11) is 0. The summed E-state index contributed by atoms with van der Waals surface area (Å²) in [5.41, 5.74) is 2.69. The second-order valence-corrected chi connectivity index (χ2v) is 4.15. The van der Waals surface area contributed by atoms with Crippen LogP contribution in [0.15, 0.2) is 48.8 Å². The normalized spacial score (nSPS) is 12.1. The van der Waals surface area contributed by atoms with Gasteiger partial charge in [0.2, 0.25) is 0 Å². The maximum Gasteiger partial charge on any atom is 0.315 e. The average molecular weight is 241 g/mol. The summed E-state index contributed by atoms with van der Waals surface area (Å²) in [4.78, 5) is 15.4. The highest BCUT2D eigenvalue weighted by atomic mass is 16.4. The van der Waals surface area contributed by atoms with Crippen molar-refractivity contribution < 1.29 is 9.90 Å². The molecule has 92 valence electrons. The van der Waals surface area contributed by atoms with Crippen molar-refractivity contribution in [3.8, 4) is 0 Å². The molecule has 0 aliphatic heterocycles. The lowest BCUT2D eigenvalue weighted by molar-refractivity contribution is -0.137. The molecule has 0 amide bonds. The standard InChI is InChI=1S/C15H15NO2/c1-2-11-5-7-12(8-6-11)14(15(17)18)13-4-3-9-16-10-13/h3-10,14H,2H2,1H3,(H,17,18). The van der Waals surface area contributed by atoms with Gasteiger partial charge in [0.1, 0.15) is 5.92 Å². The molecular weight excluding hydrogens is 226 g/mol. The fourth-order valence-corrected chi connectivity index (χ4v) is 1.97. The molecule has 0 aliphatic rings. The zero-order valence-electron chi connectivity index (χ0n) is 10.2. The van der Waals surface area contributed by atoms with E-state index < -0.39 is 11.9 Å². The van der Waals surface area contributed by atoms with E-state index in [0.29, 0.717) is 5.56 Å². The third-order valence-electron chi connectivity index (χ3n) is 2.99. The lowest BCUT2D eigenvalue weighted by Gasteiger charge is -2.13. The molecule has 0 bridgehead atoms. The highest BCUT2D eigenvalue weighted by Gasteiger charge is 2.21. The van der Waals surface area contributed by atoms with Gasteiger partial charge in [0, 0.05) is 12.4 Å². The number of hydrogen-bond donors (Lipinski definition) is 1. The topological polar surface area (TPSA) is 50.2 Å². The van der Waals surface area contributed by atoms with Crippen molar-refractivity contribution in [1.29, 1.82) is 0 Å². The third-order valence-corrected chi connectivity index (χ3v) is 2.99. The number of carboxylic acids is 1. The number of aromatic nitrogens is 1. The van der Waals surface area contributed by atoms with Gasteiger partial charge >= 0.3 is 5.97 Å². The highest BCUT2D eigenvalue weighted by Crippen LogP contribution is 2.24. The fourth-order valence-electron chi connectivity index (χ4n) is 1.97. The van der Waals surface area contributed by atoms with Gasteiger partial charge in [-0.1, -0.05) is 37.3 Å². The second-order valence-electron chi connectivity index (χ2n) is 4.15. The molecule has 3 nitrogen and oxygen atoms in total. The Morgan fingerprint density at radius 1 is 1.22 bits per heavy atom. The predicted octanol–water partition coefficient (Wildman–Crippen LogP) is 2.86. The molecule has 3 heteroatoms. The number of rotatable bonds is 4. The van der Waals surface area contributed by atoms with Crippen LogP contribution in [-0.2, 0) is 11.2 Å². The van der Waals surface area contributed by atoms with Gasteiger partial charge in [0.15, 0.2) is 0 Å². The maximum absolute atomic E-state index is 11.4. The highest BCUT2D eigenvalue weighted by molar-refractivity contribution is 5.80. The van der Waals surface area contributed by atoms with Gasteiger partial charge in [-0.25, -0.2) is 0 Å². The minimum atomic E-state index is -0.854. The van der Waals surface area contributed by atoms with Gasteiger partial charge in [-0.05, 0) is 29.2 Å². The summed E-state index contributed by atoms with van der Waals surface area (Å²) in [5.74, 6) is -1.50. The van der Waals surface area contributed by atoms with Crippen LogP contribution in [0.3, 0.4) is 0 Å². The predicted molar refractivity (Wildman–Crippen MR) is 69.5 cm³/mol. The van der Waals surface area contributed by atoms with Crippen LogP contribution >= 0.6 is 0 Å². The van der Waals surface area contributed by atoms with Crippen LogP contribution in [0.5, 0.6) is 0 Å². The smallest absolute Gasteiger partial charge is 0.315 e. The Balaban J connectivity index is 2.39. The Kier molecular flexibility index (Phi) is 3.72. The van der Waals surface area contributed by atoms with E-state index in [1.54, 1.807) is 24.5 Å². The molecule has 2 rings (SSSR count). The van der Waals surface area contributed by atoms with Crippen molar-refractivity contribution in [2.24, 2.45) is 0 Å². The van der Waals surface area contributed by atoms with Gasteiger partial charge in [0.25, 0.3) is 0 Å². The minimum absolute atomic E-state index is 0.649. The van der Waals surface area contributed by atoms with Gasteiger partial charge in [-0.3, -0.25) is 9.78 Å². The first-order chi connectivity index (χ1) is 8.72. The van der Waals surface area contributed by atoms with Crippen molar-refractivity contribution in [3.05, 3.63) is 65.5 Å². The van der Waals surface area contributed by atoms with E-state index in [4.69, 9.17) is 0 Å². The Morgan fingerprint density at radius 3 is 2.44 bits per heavy atom. The third kappa shape index (κ3) is 2.56. The summed E-state index contributed by atoms with van der Waals surface area (Å²) >= 11 is 0. The van der Waals surface area contributed by atoms with Crippen LogP contribution in [0.4, 0.5) is 0 Å². The number of benzene rings is 1. The van der Waals surface area contributed by atoms with Gasteiger partial charge in [-0.15, -0.1) is 0 Å². The van der Waals surface area contributed by atoms with Crippen molar-refractivity contribution in [2.45, 2.75) is 19.3 Å². The van der Waals surface area contributed by atoms with E-state index in [0.717, 1.165) is 12.0 Å². The molecule has 1 atom stereocenters. The van der Waals surface area contributed by atoms with Crippen LogP contribution in [0.25, 0.3) is 0 Å². The van der Waals surface area contributed by atoms with Crippen molar-refractivity contribution >= 4 is 5.97 Å². The van der Waals surface area contributed by atoms with Crippen LogP contribution in [0.2, 0.25) is 0 Å². The first-order valence-corrected chi connectivity index (χ1v) is 5.94. The minimum Gasteiger partial charge on any atom is -0.481 e. The largest absolute Gasteiger partial charge is 0.481 e. The van der Waals surface area contributed by atoms with Gasteiger partial charge in [0.05, 0.1) is 0 Å². The summed E-state index contributed by atoms with van der Waals surface area (Å²) in [6.07, 6.45) is 4.19. The summed E-state index contributed by atoms with van der Waals surface area (Å²) in [6.45, 7) is 2.07.